The van der Waals surface area contributed by atoms with Crippen molar-refractivity contribution in [2.75, 3.05) is 5.32 Å². The molecule has 0 amide bonds. The van der Waals surface area contributed by atoms with E-state index in [9.17, 15) is 0 Å². The molecule has 0 unspecified atom stereocenters. The maximum atomic E-state index is 4.52. The summed E-state index contributed by atoms with van der Waals surface area (Å²) in [5.74, 6) is 0.986. The molecule has 1 aliphatic carbocycles. The molecule has 19 heavy (non-hydrogen) atoms. The second-order valence-electron chi connectivity index (χ2n) is 5.24. The van der Waals surface area contributed by atoms with E-state index in [1.54, 1.807) is 11.3 Å². The normalized spacial score (nSPS) is 16.7. The Bertz CT molecular complexity index is 525. The Morgan fingerprint density at radius 1 is 1.37 bits per heavy atom. The van der Waals surface area contributed by atoms with Gasteiger partial charge < -0.3 is 9.88 Å². The molecule has 4 nitrogen and oxygen atoms in total. The first kappa shape index (κ1) is 12.7. The zero-order valence-electron chi connectivity index (χ0n) is 11.3. The zero-order chi connectivity index (χ0) is 13.1. The summed E-state index contributed by atoms with van der Waals surface area (Å²) in [4.78, 5) is 8.96. The number of nitrogens with zero attached hydrogens (tertiary/aromatic N) is 3. The van der Waals surface area contributed by atoms with E-state index in [2.05, 4.69) is 25.2 Å². The van der Waals surface area contributed by atoms with E-state index < -0.39 is 0 Å². The van der Waals surface area contributed by atoms with E-state index in [-0.39, 0.29) is 0 Å². The van der Waals surface area contributed by atoms with Gasteiger partial charge in [0.15, 0.2) is 0 Å². The van der Waals surface area contributed by atoms with Gasteiger partial charge in [0.05, 0.1) is 6.54 Å². The average molecular weight is 276 g/mol. The Kier molecular flexibility index (Phi) is 3.82. The van der Waals surface area contributed by atoms with Crippen LogP contribution in [0.1, 0.15) is 42.8 Å². The van der Waals surface area contributed by atoms with Crippen molar-refractivity contribution in [2.45, 2.75) is 51.6 Å². The molecule has 1 saturated carbocycles. The molecule has 0 atom stereocenters. The fourth-order valence-corrected chi connectivity index (χ4v) is 3.40. The molecule has 3 rings (SSSR count). The van der Waals surface area contributed by atoms with Gasteiger partial charge in [-0.2, -0.15) is 0 Å². The van der Waals surface area contributed by atoms with E-state index in [1.807, 2.05) is 19.3 Å². The number of nitrogens with one attached hydrogen (secondary N) is 1. The molecule has 1 N–H and O–H groups in total. The third-order valence-electron chi connectivity index (χ3n) is 3.63. The van der Waals surface area contributed by atoms with E-state index in [0.717, 1.165) is 23.2 Å². The van der Waals surface area contributed by atoms with Gasteiger partial charge in [-0.05, 0) is 19.8 Å². The summed E-state index contributed by atoms with van der Waals surface area (Å²) in [6.45, 7) is 2.85. The fraction of sp³-hybridized carbons (Fsp3) is 0.571. The van der Waals surface area contributed by atoms with Crippen LogP contribution in [0.15, 0.2) is 17.8 Å². The van der Waals surface area contributed by atoms with Crippen LogP contribution in [0.3, 0.4) is 0 Å². The van der Waals surface area contributed by atoms with Crippen molar-refractivity contribution in [3.63, 3.8) is 0 Å². The van der Waals surface area contributed by atoms with Crippen LogP contribution >= 0.6 is 11.3 Å². The second-order valence-corrected chi connectivity index (χ2v) is 6.18. The summed E-state index contributed by atoms with van der Waals surface area (Å²) in [6.07, 6.45) is 10.5. The number of aryl methyl sites for hydroxylation is 1. The minimum Gasteiger partial charge on any atom is -0.353 e. The third-order valence-corrected chi connectivity index (χ3v) is 4.58. The smallest absolute Gasteiger partial charge is 0.203 e. The highest BCUT2D eigenvalue weighted by atomic mass is 32.1. The third kappa shape index (κ3) is 3.15. The molecule has 1 fully saturated rings. The Hall–Kier alpha value is -1.36. The van der Waals surface area contributed by atoms with Crippen molar-refractivity contribution < 1.29 is 0 Å². The molecule has 0 saturated heterocycles. The van der Waals surface area contributed by atoms with Crippen LogP contribution in [-0.4, -0.2) is 20.6 Å². The number of thiazole rings is 1. The van der Waals surface area contributed by atoms with Crippen LogP contribution in [-0.2, 0) is 6.54 Å². The predicted molar refractivity (Wildman–Crippen MR) is 78.7 cm³/mol. The molecule has 0 aliphatic heterocycles. The molecule has 0 radical (unpaired) electrons. The standard InChI is InChI=1S/C14H20N4S/c1-11-10-19-13(16-11)9-18-8-7-15-14(18)17-12-5-3-2-4-6-12/h7-8,10,12H,2-6,9H2,1H3,(H,15,17). The Labute approximate surface area is 117 Å². The van der Waals surface area contributed by atoms with Gasteiger partial charge in [0, 0.05) is 29.5 Å². The molecular weight excluding hydrogens is 256 g/mol. The molecule has 0 bridgehead atoms. The lowest BCUT2D eigenvalue weighted by molar-refractivity contribution is 0.459. The van der Waals surface area contributed by atoms with E-state index >= 15 is 0 Å². The lowest BCUT2D eigenvalue weighted by Crippen LogP contribution is -2.24. The molecule has 2 aromatic heterocycles. The topological polar surface area (TPSA) is 42.7 Å². The number of hydrogen-bond acceptors (Lipinski definition) is 4. The Morgan fingerprint density at radius 2 is 2.21 bits per heavy atom. The number of anilines is 1. The van der Waals surface area contributed by atoms with Crippen molar-refractivity contribution in [3.8, 4) is 0 Å². The Morgan fingerprint density at radius 3 is 2.95 bits per heavy atom. The van der Waals surface area contributed by atoms with Crippen molar-refractivity contribution in [1.29, 1.82) is 0 Å². The Balaban J connectivity index is 1.67. The first-order valence-electron chi connectivity index (χ1n) is 7.00. The summed E-state index contributed by atoms with van der Waals surface area (Å²) in [6, 6.07) is 0.591. The van der Waals surface area contributed by atoms with Gasteiger partial charge in [0.2, 0.25) is 5.95 Å². The summed E-state index contributed by atoms with van der Waals surface area (Å²) >= 11 is 1.72. The number of rotatable bonds is 4. The van der Waals surface area contributed by atoms with Crippen molar-refractivity contribution in [1.82, 2.24) is 14.5 Å². The summed E-state index contributed by atoms with van der Waals surface area (Å²) < 4.78 is 2.16. The maximum Gasteiger partial charge on any atom is 0.203 e. The van der Waals surface area contributed by atoms with Crippen LogP contribution in [0.5, 0.6) is 0 Å². The molecule has 5 heteroatoms. The van der Waals surface area contributed by atoms with Gasteiger partial charge in [-0.25, -0.2) is 9.97 Å². The highest BCUT2D eigenvalue weighted by Crippen LogP contribution is 2.21. The van der Waals surface area contributed by atoms with Crippen LogP contribution in [0, 0.1) is 6.92 Å². The average Bonchev–Trinajstić information content (AvgIpc) is 3.01. The van der Waals surface area contributed by atoms with Crippen LogP contribution < -0.4 is 5.32 Å². The van der Waals surface area contributed by atoms with Gasteiger partial charge >= 0.3 is 0 Å². The van der Waals surface area contributed by atoms with Crippen molar-refractivity contribution in [3.05, 3.63) is 28.5 Å². The minimum atomic E-state index is 0.591. The fourth-order valence-electron chi connectivity index (χ4n) is 2.63. The summed E-state index contributed by atoms with van der Waals surface area (Å²) in [5, 5.41) is 6.82. The number of aromatic nitrogens is 3. The highest BCUT2D eigenvalue weighted by Gasteiger charge is 2.15. The summed E-state index contributed by atoms with van der Waals surface area (Å²) in [7, 11) is 0. The van der Waals surface area contributed by atoms with Crippen molar-refractivity contribution >= 4 is 17.3 Å². The molecular formula is C14H20N4S. The summed E-state index contributed by atoms with van der Waals surface area (Å²) in [5.41, 5.74) is 1.10. The minimum absolute atomic E-state index is 0.591. The predicted octanol–water partition coefficient (Wildman–Crippen LogP) is 3.44. The van der Waals surface area contributed by atoms with Crippen LogP contribution in [0.4, 0.5) is 5.95 Å². The monoisotopic (exact) mass is 276 g/mol. The second kappa shape index (κ2) is 5.74. The van der Waals surface area contributed by atoms with Crippen molar-refractivity contribution in [2.24, 2.45) is 0 Å². The zero-order valence-corrected chi connectivity index (χ0v) is 12.1. The van der Waals surface area contributed by atoms with E-state index in [1.165, 1.54) is 32.1 Å². The number of imidazole rings is 1. The lowest BCUT2D eigenvalue weighted by atomic mass is 9.96. The SMILES string of the molecule is Cc1csc(Cn2ccnc2NC2CCCCC2)n1. The maximum absolute atomic E-state index is 4.52. The van der Waals surface area contributed by atoms with E-state index in [4.69, 9.17) is 0 Å². The van der Waals surface area contributed by atoms with Crippen LogP contribution in [0.25, 0.3) is 0 Å². The van der Waals surface area contributed by atoms with Gasteiger partial charge in [-0.1, -0.05) is 19.3 Å². The quantitative estimate of drug-likeness (QED) is 0.930. The molecule has 1 aliphatic rings. The molecule has 0 aromatic carbocycles. The first-order valence-corrected chi connectivity index (χ1v) is 7.88. The number of hydrogen-bond donors (Lipinski definition) is 1. The molecule has 0 spiro atoms. The molecule has 2 aromatic rings. The lowest BCUT2D eigenvalue weighted by Gasteiger charge is -2.23. The van der Waals surface area contributed by atoms with Gasteiger partial charge in [-0.3, -0.25) is 0 Å². The van der Waals surface area contributed by atoms with Gasteiger partial charge in [0.25, 0.3) is 0 Å². The van der Waals surface area contributed by atoms with E-state index in [0.29, 0.717) is 6.04 Å². The van der Waals surface area contributed by atoms with Gasteiger partial charge in [-0.15, -0.1) is 11.3 Å². The molecule has 102 valence electrons. The van der Waals surface area contributed by atoms with Gasteiger partial charge in [0.1, 0.15) is 5.01 Å². The molecule has 2 heterocycles. The largest absolute Gasteiger partial charge is 0.353 e. The first-order chi connectivity index (χ1) is 9.31. The van der Waals surface area contributed by atoms with Crippen LogP contribution in [0.2, 0.25) is 0 Å². The highest BCUT2D eigenvalue weighted by molar-refractivity contribution is 7.09.